The van der Waals surface area contributed by atoms with Crippen molar-refractivity contribution >= 4 is 5.91 Å². The number of benzene rings is 2. The summed E-state index contributed by atoms with van der Waals surface area (Å²) in [6.45, 7) is 4.44. The van der Waals surface area contributed by atoms with Gasteiger partial charge in [0.25, 0.3) is 0 Å². The summed E-state index contributed by atoms with van der Waals surface area (Å²) in [6, 6.07) is 11.8. The average Bonchev–Trinajstić information content (AvgIpc) is 2.63. The Morgan fingerprint density at radius 1 is 1.07 bits per heavy atom. The Balaban J connectivity index is 1.94. The number of phenolic OH excluding ortho intramolecular Hbond substituents is 2. The molecule has 0 radical (unpaired) electrons. The van der Waals surface area contributed by atoms with E-state index in [1.807, 2.05) is 38.1 Å². The van der Waals surface area contributed by atoms with E-state index < -0.39 is 6.10 Å². The predicted molar refractivity (Wildman–Crippen MR) is 111 cm³/mol. The smallest absolute Gasteiger partial charge is 0.224 e. The first-order chi connectivity index (χ1) is 13.7. The maximum absolute atomic E-state index is 11.8. The van der Waals surface area contributed by atoms with Crippen molar-refractivity contribution in [3.05, 3.63) is 59.2 Å². The number of hydrogen-bond donors (Lipinski definition) is 6. The van der Waals surface area contributed by atoms with E-state index in [1.165, 1.54) is 18.2 Å². The quantitative estimate of drug-likeness (QED) is 0.357. The highest BCUT2D eigenvalue weighted by molar-refractivity contribution is 5.78. The molecule has 1 amide bonds. The van der Waals surface area contributed by atoms with E-state index in [9.17, 15) is 20.1 Å². The van der Waals surface area contributed by atoms with Crippen molar-refractivity contribution in [3.8, 4) is 11.5 Å². The molecule has 6 N–H and O–H groups in total. The molecule has 0 saturated heterocycles. The van der Waals surface area contributed by atoms with Gasteiger partial charge < -0.3 is 31.1 Å². The number of nitrogens with one attached hydrogen (secondary N) is 2. The number of aromatic hydroxyl groups is 2. The highest BCUT2D eigenvalue weighted by Crippen LogP contribution is 2.25. The number of phenols is 2. The second-order valence-corrected chi connectivity index (χ2v) is 7.81. The first-order valence-electron chi connectivity index (χ1n) is 9.60. The summed E-state index contributed by atoms with van der Waals surface area (Å²) in [5.41, 5.74) is 2.04. The summed E-state index contributed by atoms with van der Waals surface area (Å²) in [6.07, 6.45) is 0.0484. The topological polar surface area (TPSA) is 122 Å². The van der Waals surface area contributed by atoms with Gasteiger partial charge in [0.15, 0.2) is 0 Å². The molecule has 0 fully saturated rings. The van der Waals surface area contributed by atoms with Crippen molar-refractivity contribution in [2.75, 3.05) is 19.7 Å². The average molecular weight is 402 g/mol. The lowest BCUT2D eigenvalue weighted by atomic mass is 9.93. The number of carbonyl (C=O) groups is 1. The Kier molecular flexibility index (Phi) is 8.01. The summed E-state index contributed by atoms with van der Waals surface area (Å²) in [5, 5.41) is 44.2. The molecule has 0 saturated carbocycles. The van der Waals surface area contributed by atoms with Crippen LogP contribution in [-0.4, -0.2) is 51.6 Å². The standard InChI is InChI=1S/C22H30N2O5/c1-22(2,24-14-20(28)17-10-18(26)12-19(27)11-17)13-16-5-3-4-15(8-16)9-21(29)23-6-7-25/h3-5,8,10-12,20,24-28H,6-7,9,13-14H2,1-2H3,(H,23,29). The zero-order valence-electron chi connectivity index (χ0n) is 16.9. The van der Waals surface area contributed by atoms with Gasteiger partial charge in [-0.25, -0.2) is 0 Å². The van der Waals surface area contributed by atoms with Gasteiger partial charge in [-0.15, -0.1) is 0 Å². The molecular weight excluding hydrogens is 372 g/mol. The van der Waals surface area contributed by atoms with Gasteiger partial charge in [0.1, 0.15) is 11.5 Å². The number of aliphatic hydroxyl groups excluding tert-OH is 2. The van der Waals surface area contributed by atoms with Crippen LogP contribution in [0.2, 0.25) is 0 Å². The van der Waals surface area contributed by atoms with E-state index in [-0.39, 0.29) is 49.1 Å². The second-order valence-electron chi connectivity index (χ2n) is 7.81. The molecule has 0 bridgehead atoms. The Labute approximate surface area is 171 Å². The highest BCUT2D eigenvalue weighted by Gasteiger charge is 2.20. The Hall–Kier alpha value is -2.61. The number of aliphatic hydroxyl groups is 2. The molecule has 2 aromatic carbocycles. The molecule has 29 heavy (non-hydrogen) atoms. The highest BCUT2D eigenvalue weighted by atomic mass is 16.3. The first-order valence-corrected chi connectivity index (χ1v) is 9.60. The lowest BCUT2D eigenvalue weighted by molar-refractivity contribution is -0.120. The number of rotatable bonds is 10. The molecule has 7 nitrogen and oxygen atoms in total. The van der Waals surface area contributed by atoms with E-state index in [4.69, 9.17) is 5.11 Å². The Bertz CT molecular complexity index is 802. The molecule has 0 spiro atoms. The van der Waals surface area contributed by atoms with Crippen LogP contribution in [0, 0.1) is 0 Å². The molecule has 158 valence electrons. The van der Waals surface area contributed by atoms with E-state index in [0.717, 1.165) is 11.1 Å². The van der Waals surface area contributed by atoms with Crippen LogP contribution < -0.4 is 10.6 Å². The summed E-state index contributed by atoms with van der Waals surface area (Å²) in [5.74, 6) is -0.331. The number of β-amino-alcohol motifs (C(OH)–C–C–N with tert-alkyl or cyclic N) is 1. The van der Waals surface area contributed by atoms with Crippen molar-refractivity contribution in [1.82, 2.24) is 10.6 Å². The lowest BCUT2D eigenvalue weighted by Crippen LogP contribution is -2.43. The van der Waals surface area contributed by atoms with Gasteiger partial charge in [-0.1, -0.05) is 24.3 Å². The van der Waals surface area contributed by atoms with Gasteiger partial charge in [0.05, 0.1) is 19.1 Å². The van der Waals surface area contributed by atoms with Crippen LogP contribution in [0.15, 0.2) is 42.5 Å². The van der Waals surface area contributed by atoms with E-state index in [1.54, 1.807) is 0 Å². The predicted octanol–water partition coefficient (Wildman–Crippen LogP) is 1.39. The maximum Gasteiger partial charge on any atom is 0.224 e. The Morgan fingerprint density at radius 2 is 1.72 bits per heavy atom. The molecule has 0 aliphatic rings. The van der Waals surface area contributed by atoms with Crippen LogP contribution >= 0.6 is 0 Å². The SMILES string of the molecule is CC(C)(Cc1cccc(CC(=O)NCCO)c1)NCC(O)c1cc(O)cc(O)c1. The van der Waals surface area contributed by atoms with Gasteiger partial charge in [0, 0.05) is 24.7 Å². The molecular formula is C22H30N2O5. The van der Waals surface area contributed by atoms with Crippen molar-refractivity contribution in [1.29, 1.82) is 0 Å². The summed E-state index contributed by atoms with van der Waals surface area (Å²) in [7, 11) is 0. The fourth-order valence-electron chi connectivity index (χ4n) is 3.17. The summed E-state index contributed by atoms with van der Waals surface area (Å²) >= 11 is 0. The van der Waals surface area contributed by atoms with Crippen molar-refractivity contribution in [2.45, 2.75) is 38.3 Å². The fraction of sp³-hybridized carbons (Fsp3) is 0.409. The van der Waals surface area contributed by atoms with Crippen LogP contribution in [0.4, 0.5) is 0 Å². The Morgan fingerprint density at radius 3 is 2.38 bits per heavy atom. The van der Waals surface area contributed by atoms with Crippen molar-refractivity contribution in [2.24, 2.45) is 0 Å². The second kappa shape index (κ2) is 10.2. The molecule has 7 heteroatoms. The molecule has 0 heterocycles. The minimum atomic E-state index is -0.881. The molecule has 1 atom stereocenters. The van der Waals surface area contributed by atoms with Crippen LogP contribution in [0.3, 0.4) is 0 Å². The van der Waals surface area contributed by atoms with Gasteiger partial charge >= 0.3 is 0 Å². The molecule has 2 aromatic rings. The zero-order valence-corrected chi connectivity index (χ0v) is 16.9. The van der Waals surface area contributed by atoms with Crippen LogP contribution in [0.25, 0.3) is 0 Å². The van der Waals surface area contributed by atoms with Crippen LogP contribution in [0.5, 0.6) is 11.5 Å². The summed E-state index contributed by atoms with van der Waals surface area (Å²) < 4.78 is 0. The third-order valence-corrected chi connectivity index (χ3v) is 4.52. The van der Waals surface area contributed by atoms with Crippen molar-refractivity contribution < 1.29 is 25.2 Å². The number of carbonyl (C=O) groups excluding carboxylic acids is 1. The zero-order chi connectivity index (χ0) is 21.4. The fourth-order valence-corrected chi connectivity index (χ4v) is 3.17. The molecule has 2 rings (SSSR count). The minimum Gasteiger partial charge on any atom is -0.508 e. The van der Waals surface area contributed by atoms with Gasteiger partial charge in [0.2, 0.25) is 5.91 Å². The molecule has 0 aliphatic carbocycles. The first kappa shape index (κ1) is 22.7. The molecule has 1 unspecified atom stereocenters. The van der Waals surface area contributed by atoms with E-state index >= 15 is 0 Å². The third kappa shape index (κ3) is 7.73. The monoisotopic (exact) mass is 402 g/mol. The molecule has 0 aliphatic heterocycles. The van der Waals surface area contributed by atoms with Gasteiger partial charge in [-0.2, -0.15) is 0 Å². The van der Waals surface area contributed by atoms with Gasteiger partial charge in [-0.3, -0.25) is 4.79 Å². The molecule has 0 aromatic heterocycles. The number of amides is 1. The van der Waals surface area contributed by atoms with E-state index in [0.29, 0.717) is 12.0 Å². The van der Waals surface area contributed by atoms with Crippen LogP contribution in [0.1, 0.15) is 36.6 Å². The van der Waals surface area contributed by atoms with E-state index in [2.05, 4.69) is 10.6 Å². The van der Waals surface area contributed by atoms with Gasteiger partial charge in [-0.05, 0) is 49.1 Å². The summed E-state index contributed by atoms with van der Waals surface area (Å²) in [4.78, 5) is 11.8. The minimum absolute atomic E-state index is 0.0836. The van der Waals surface area contributed by atoms with Crippen molar-refractivity contribution in [3.63, 3.8) is 0 Å². The normalized spacial score (nSPS) is 12.6. The number of hydrogen-bond acceptors (Lipinski definition) is 6. The maximum atomic E-state index is 11.8. The lowest BCUT2D eigenvalue weighted by Gasteiger charge is -2.28. The largest absolute Gasteiger partial charge is 0.508 e. The van der Waals surface area contributed by atoms with Crippen LogP contribution in [-0.2, 0) is 17.6 Å². The third-order valence-electron chi connectivity index (χ3n) is 4.52.